The Balaban J connectivity index is 1.48. The SMILES string of the molecule is FC(F)(F)c1nc(-c2ccc(CN(c3cnccn3)c3cc4nccnc4cn3)s2)no1. The highest BCUT2D eigenvalue weighted by Gasteiger charge is 2.38. The van der Waals surface area contributed by atoms with Gasteiger partial charge in [0, 0.05) is 35.7 Å². The van der Waals surface area contributed by atoms with Crippen molar-refractivity contribution >= 4 is 34.0 Å². The molecule has 32 heavy (non-hydrogen) atoms. The van der Waals surface area contributed by atoms with Crippen molar-refractivity contribution in [3.8, 4) is 10.7 Å². The summed E-state index contributed by atoms with van der Waals surface area (Å²) >= 11 is 1.23. The molecule has 0 aromatic carbocycles. The summed E-state index contributed by atoms with van der Waals surface area (Å²) in [7, 11) is 0. The molecule has 0 N–H and O–H groups in total. The lowest BCUT2D eigenvalue weighted by Crippen LogP contribution is -2.18. The van der Waals surface area contributed by atoms with Gasteiger partial charge in [-0.05, 0) is 12.1 Å². The predicted molar refractivity (Wildman–Crippen MR) is 108 cm³/mol. The molecule has 5 heterocycles. The highest BCUT2D eigenvalue weighted by molar-refractivity contribution is 7.15. The fourth-order valence-electron chi connectivity index (χ4n) is 2.89. The molecule has 0 saturated heterocycles. The Morgan fingerprint density at radius 1 is 0.906 bits per heavy atom. The number of alkyl halides is 3. The van der Waals surface area contributed by atoms with Gasteiger partial charge >= 0.3 is 12.1 Å². The Kier molecular flexibility index (Phi) is 4.93. The van der Waals surface area contributed by atoms with Gasteiger partial charge in [0.05, 0.1) is 29.3 Å². The second-order valence-corrected chi connectivity index (χ2v) is 7.59. The molecule has 5 aromatic heterocycles. The van der Waals surface area contributed by atoms with E-state index in [1.807, 2.05) is 4.90 Å². The number of hydrogen-bond acceptors (Lipinski definition) is 10. The van der Waals surface area contributed by atoms with Crippen LogP contribution >= 0.6 is 11.3 Å². The third kappa shape index (κ3) is 3.97. The number of thiophene rings is 1. The largest absolute Gasteiger partial charge is 0.471 e. The van der Waals surface area contributed by atoms with E-state index in [1.165, 1.54) is 11.3 Å². The van der Waals surface area contributed by atoms with E-state index in [9.17, 15) is 13.2 Å². The van der Waals surface area contributed by atoms with E-state index < -0.39 is 12.1 Å². The third-order valence-corrected chi connectivity index (χ3v) is 5.37. The number of rotatable bonds is 5. The quantitative estimate of drug-likeness (QED) is 0.383. The van der Waals surface area contributed by atoms with E-state index in [2.05, 4.69) is 39.6 Å². The van der Waals surface area contributed by atoms with Crippen molar-refractivity contribution in [3.63, 3.8) is 0 Å². The van der Waals surface area contributed by atoms with Crippen LogP contribution in [-0.4, -0.2) is 35.1 Å². The first-order chi connectivity index (χ1) is 15.5. The number of pyridine rings is 1. The molecule has 0 aliphatic carbocycles. The molecule has 0 radical (unpaired) electrons. The van der Waals surface area contributed by atoms with Crippen molar-refractivity contribution in [1.29, 1.82) is 0 Å². The number of halogens is 3. The van der Waals surface area contributed by atoms with Crippen molar-refractivity contribution < 1.29 is 17.7 Å². The molecule has 0 saturated carbocycles. The van der Waals surface area contributed by atoms with Gasteiger partial charge in [0.25, 0.3) is 0 Å². The highest BCUT2D eigenvalue weighted by Crippen LogP contribution is 2.33. The lowest BCUT2D eigenvalue weighted by Gasteiger charge is -2.21. The van der Waals surface area contributed by atoms with E-state index in [0.29, 0.717) is 34.1 Å². The van der Waals surface area contributed by atoms with Crippen molar-refractivity contribution in [2.45, 2.75) is 12.7 Å². The van der Waals surface area contributed by atoms with Gasteiger partial charge in [0.1, 0.15) is 11.3 Å². The lowest BCUT2D eigenvalue weighted by molar-refractivity contribution is -0.159. The average molecular weight is 456 g/mol. The second-order valence-electron chi connectivity index (χ2n) is 6.42. The number of fused-ring (bicyclic) bond motifs is 1. The van der Waals surface area contributed by atoms with E-state index in [1.54, 1.807) is 55.4 Å². The van der Waals surface area contributed by atoms with Gasteiger partial charge in [0.15, 0.2) is 5.82 Å². The summed E-state index contributed by atoms with van der Waals surface area (Å²) in [6.45, 7) is 0.326. The number of nitrogens with zero attached hydrogens (tertiary/aromatic N) is 8. The predicted octanol–water partition coefficient (Wildman–Crippen LogP) is 4.28. The molecule has 0 aliphatic rings. The van der Waals surface area contributed by atoms with Crippen molar-refractivity contribution in [1.82, 2.24) is 35.1 Å². The maximum absolute atomic E-state index is 12.8. The smallest absolute Gasteiger partial charge is 0.329 e. The molecule has 0 spiro atoms. The molecule has 0 atom stereocenters. The summed E-state index contributed by atoms with van der Waals surface area (Å²) in [4.78, 5) is 28.0. The van der Waals surface area contributed by atoms with Crippen LogP contribution in [0.3, 0.4) is 0 Å². The van der Waals surface area contributed by atoms with Crippen molar-refractivity contribution in [2.75, 3.05) is 4.90 Å². The average Bonchev–Trinajstić information content (AvgIpc) is 3.47. The molecular formula is C19H11F3N8OS. The Labute approximate surface area is 181 Å². The number of hydrogen-bond donors (Lipinski definition) is 0. The van der Waals surface area contributed by atoms with Crippen LogP contribution in [0.25, 0.3) is 21.7 Å². The van der Waals surface area contributed by atoms with E-state index in [0.717, 1.165) is 4.88 Å². The molecule has 0 aliphatic heterocycles. The summed E-state index contributed by atoms with van der Waals surface area (Å²) in [5, 5.41) is 3.44. The van der Waals surface area contributed by atoms with Crippen molar-refractivity contribution in [2.24, 2.45) is 0 Å². The molecule has 5 aromatic rings. The monoisotopic (exact) mass is 456 g/mol. The van der Waals surface area contributed by atoms with Gasteiger partial charge in [-0.1, -0.05) is 5.16 Å². The lowest BCUT2D eigenvalue weighted by atomic mass is 10.3. The van der Waals surface area contributed by atoms with Crippen LogP contribution < -0.4 is 4.90 Å². The zero-order chi connectivity index (χ0) is 22.1. The summed E-state index contributed by atoms with van der Waals surface area (Å²) < 4.78 is 42.6. The summed E-state index contributed by atoms with van der Waals surface area (Å²) in [5.41, 5.74) is 1.30. The minimum absolute atomic E-state index is 0.126. The zero-order valence-corrected chi connectivity index (χ0v) is 16.7. The molecule has 0 amide bonds. The standard InChI is InChI=1S/C19H11F3N8OS/c20-19(21,22)18-28-17(29-31-18)14-2-1-11(32-14)10-30(16-9-23-3-4-26-16)15-7-12-13(8-27-15)25-6-5-24-12/h1-9H,10H2. The zero-order valence-electron chi connectivity index (χ0n) is 15.9. The number of aromatic nitrogens is 7. The first-order valence-electron chi connectivity index (χ1n) is 9.08. The van der Waals surface area contributed by atoms with Crippen LogP contribution in [0.4, 0.5) is 24.8 Å². The Morgan fingerprint density at radius 3 is 2.47 bits per heavy atom. The van der Waals surface area contributed by atoms with Gasteiger partial charge in [-0.2, -0.15) is 18.2 Å². The highest BCUT2D eigenvalue weighted by atomic mass is 32.1. The van der Waals surface area contributed by atoms with Crippen LogP contribution in [0.1, 0.15) is 10.8 Å². The van der Waals surface area contributed by atoms with Crippen molar-refractivity contribution in [3.05, 3.63) is 66.1 Å². The minimum atomic E-state index is -4.70. The summed E-state index contributed by atoms with van der Waals surface area (Å²) in [5.74, 6) is -0.409. The molecule has 9 nitrogen and oxygen atoms in total. The fraction of sp³-hybridized carbons (Fsp3) is 0.105. The topological polar surface area (TPSA) is 107 Å². The normalized spacial score (nSPS) is 11.7. The first-order valence-corrected chi connectivity index (χ1v) is 9.89. The van der Waals surface area contributed by atoms with Gasteiger partial charge < -0.3 is 9.42 Å². The summed E-state index contributed by atoms with van der Waals surface area (Å²) in [6.07, 6.45) is 4.78. The molecule has 160 valence electrons. The molecule has 0 fully saturated rings. The van der Waals surface area contributed by atoms with Crippen LogP contribution in [0.15, 0.2) is 59.9 Å². The second kappa shape index (κ2) is 7.92. The molecular weight excluding hydrogens is 445 g/mol. The molecule has 0 unspecified atom stereocenters. The fourth-order valence-corrected chi connectivity index (χ4v) is 3.81. The van der Waals surface area contributed by atoms with Crippen LogP contribution in [0.5, 0.6) is 0 Å². The molecule has 0 bridgehead atoms. The van der Waals surface area contributed by atoms with E-state index in [4.69, 9.17) is 0 Å². The maximum atomic E-state index is 12.8. The number of anilines is 2. The Hall–Kier alpha value is -4.00. The maximum Gasteiger partial charge on any atom is 0.471 e. The van der Waals surface area contributed by atoms with Gasteiger partial charge in [-0.15, -0.1) is 11.3 Å². The Morgan fingerprint density at radius 2 is 1.72 bits per heavy atom. The minimum Gasteiger partial charge on any atom is -0.329 e. The molecule has 13 heteroatoms. The van der Waals surface area contributed by atoms with Crippen LogP contribution in [0, 0.1) is 0 Å². The van der Waals surface area contributed by atoms with E-state index in [-0.39, 0.29) is 5.82 Å². The Bertz CT molecular complexity index is 1370. The first kappa shape index (κ1) is 19.9. The summed E-state index contributed by atoms with van der Waals surface area (Å²) in [6, 6.07) is 5.19. The molecule has 5 rings (SSSR count). The van der Waals surface area contributed by atoms with Crippen LogP contribution in [-0.2, 0) is 12.7 Å². The third-order valence-electron chi connectivity index (χ3n) is 4.31. The van der Waals surface area contributed by atoms with Crippen LogP contribution in [0.2, 0.25) is 0 Å². The van der Waals surface area contributed by atoms with E-state index >= 15 is 0 Å². The van der Waals surface area contributed by atoms with Gasteiger partial charge in [-0.3, -0.25) is 15.0 Å². The van der Waals surface area contributed by atoms with Gasteiger partial charge in [-0.25, -0.2) is 9.97 Å². The van der Waals surface area contributed by atoms with Gasteiger partial charge in [0.2, 0.25) is 5.82 Å².